The summed E-state index contributed by atoms with van der Waals surface area (Å²) in [7, 11) is 0. The van der Waals surface area contributed by atoms with Gasteiger partial charge in [0.25, 0.3) is 5.91 Å². The van der Waals surface area contributed by atoms with E-state index < -0.39 is 24.0 Å². The van der Waals surface area contributed by atoms with Crippen molar-refractivity contribution in [1.82, 2.24) is 10.2 Å². The summed E-state index contributed by atoms with van der Waals surface area (Å²) in [6, 6.07) is 17.1. The molecule has 6 heteroatoms. The Morgan fingerprint density at radius 3 is 2.39 bits per heavy atom. The number of piperidine rings is 3. The normalized spacial score (nSPS) is 24.4. The van der Waals surface area contributed by atoms with Crippen molar-refractivity contribution in [2.24, 2.45) is 11.8 Å². The molecule has 2 aromatic rings. The van der Waals surface area contributed by atoms with Crippen molar-refractivity contribution in [2.75, 3.05) is 26.2 Å². The molecule has 0 aliphatic carbocycles. The van der Waals surface area contributed by atoms with E-state index in [4.69, 9.17) is 5.11 Å². The quantitative estimate of drug-likeness (QED) is 0.600. The van der Waals surface area contributed by atoms with Gasteiger partial charge in [-0.1, -0.05) is 48.5 Å². The number of carbonyl (C=O) groups excluding carboxylic acids is 1. The summed E-state index contributed by atoms with van der Waals surface area (Å²) in [5, 5.41) is 23.4. The monoisotopic (exact) mass is 428 g/mol. The second-order valence-electron chi connectivity index (χ2n) is 8.77. The lowest BCUT2D eigenvalue weighted by Gasteiger charge is -2.51. The molecule has 31 heavy (non-hydrogen) atoms. The van der Waals surface area contributed by atoms with Crippen molar-refractivity contribution in [2.45, 2.75) is 31.3 Å². The van der Waals surface area contributed by atoms with Gasteiger partial charge in [-0.3, -0.25) is 9.59 Å². The fourth-order valence-electron chi connectivity index (χ4n) is 5.31. The predicted octanol–water partition coefficient (Wildman–Crippen LogP) is 3.40. The first-order chi connectivity index (χ1) is 15.0. The Hall–Kier alpha value is -2.70. The van der Waals surface area contributed by atoms with E-state index in [0.717, 1.165) is 43.6 Å². The molecule has 3 aliphatic heterocycles. The van der Waals surface area contributed by atoms with E-state index in [9.17, 15) is 14.7 Å². The van der Waals surface area contributed by atoms with Crippen LogP contribution in [0.15, 0.2) is 54.6 Å². The third kappa shape index (κ3) is 4.65. The lowest BCUT2D eigenvalue weighted by Crippen LogP contribution is -2.55. The highest BCUT2D eigenvalue weighted by Crippen LogP contribution is 2.45. The SMILES string of the molecule is O=C(O)CNC(=O)c1ccccc1CCC(O)(c1ccccc1)C1CN2CCC1CC2.[HH].[HH].[HH]. The molecule has 5 rings (SSSR count). The lowest BCUT2D eigenvalue weighted by molar-refractivity contribution is -0.135. The topological polar surface area (TPSA) is 89.9 Å². The largest absolute Gasteiger partial charge is 0.480 e. The number of amides is 1. The molecule has 2 unspecified atom stereocenters. The van der Waals surface area contributed by atoms with Gasteiger partial charge in [-0.2, -0.15) is 0 Å². The number of aliphatic hydroxyl groups is 1. The molecule has 0 saturated carbocycles. The first-order valence-corrected chi connectivity index (χ1v) is 11.1. The molecule has 170 valence electrons. The van der Waals surface area contributed by atoms with Crippen molar-refractivity contribution >= 4 is 11.9 Å². The Morgan fingerprint density at radius 2 is 1.74 bits per heavy atom. The third-order valence-electron chi connectivity index (χ3n) is 6.98. The van der Waals surface area contributed by atoms with Crippen molar-refractivity contribution < 1.29 is 24.1 Å². The smallest absolute Gasteiger partial charge is 0.322 e. The van der Waals surface area contributed by atoms with Crippen molar-refractivity contribution in [3.8, 4) is 0 Å². The minimum atomic E-state index is -1.08. The lowest BCUT2D eigenvalue weighted by atomic mass is 9.66. The predicted molar refractivity (Wildman–Crippen MR) is 124 cm³/mol. The van der Waals surface area contributed by atoms with E-state index in [1.807, 2.05) is 42.5 Å². The molecule has 3 N–H and O–H groups in total. The Balaban J connectivity index is 0.00000193. The molecule has 0 radical (unpaired) electrons. The van der Waals surface area contributed by atoms with E-state index in [1.54, 1.807) is 12.1 Å². The minimum Gasteiger partial charge on any atom is -0.480 e. The van der Waals surface area contributed by atoms with Crippen LogP contribution < -0.4 is 5.32 Å². The maximum Gasteiger partial charge on any atom is 0.322 e. The Bertz CT molecular complexity index is 939. The fourth-order valence-corrected chi connectivity index (χ4v) is 5.31. The van der Waals surface area contributed by atoms with Crippen LogP contribution in [0.3, 0.4) is 0 Å². The Kier molecular flexibility index (Phi) is 6.39. The zero-order valence-electron chi connectivity index (χ0n) is 17.7. The number of aryl methyl sites for hydroxylation is 1. The zero-order valence-corrected chi connectivity index (χ0v) is 17.7. The number of nitrogens with one attached hydrogen (secondary N) is 1. The van der Waals surface area contributed by atoms with E-state index >= 15 is 0 Å². The average Bonchev–Trinajstić information content (AvgIpc) is 2.82. The molecule has 3 fully saturated rings. The zero-order chi connectivity index (χ0) is 21.8. The van der Waals surface area contributed by atoms with Crippen LogP contribution in [-0.4, -0.2) is 53.2 Å². The minimum absolute atomic E-state index is 0. The highest BCUT2D eigenvalue weighted by Gasteiger charge is 2.47. The van der Waals surface area contributed by atoms with Gasteiger partial charge in [0.2, 0.25) is 0 Å². The molecule has 3 aliphatic rings. The number of carbonyl (C=O) groups is 2. The van der Waals surface area contributed by atoms with Gasteiger partial charge < -0.3 is 20.4 Å². The van der Waals surface area contributed by atoms with E-state index in [-0.39, 0.29) is 10.2 Å². The molecule has 3 heterocycles. The second kappa shape index (κ2) is 9.20. The first-order valence-electron chi connectivity index (χ1n) is 11.1. The van der Waals surface area contributed by atoms with Crippen molar-refractivity contribution in [3.05, 3.63) is 71.3 Å². The maximum absolute atomic E-state index is 12.5. The molecule has 2 aromatic carbocycles. The van der Waals surface area contributed by atoms with E-state index in [0.29, 0.717) is 24.3 Å². The van der Waals surface area contributed by atoms with Crippen LogP contribution in [0.1, 0.15) is 45.0 Å². The van der Waals surface area contributed by atoms with Gasteiger partial charge in [-0.15, -0.1) is 0 Å². The average molecular weight is 429 g/mol. The van der Waals surface area contributed by atoms with Crippen LogP contribution in [0.5, 0.6) is 0 Å². The highest BCUT2D eigenvalue weighted by molar-refractivity contribution is 5.97. The van der Waals surface area contributed by atoms with Gasteiger partial charge in [-0.05, 0) is 61.9 Å². The molecular weight excluding hydrogens is 392 g/mol. The molecule has 0 spiro atoms. The summed E-state index contributed by atoms with van der Waals surface area (Å²) < 4.78 is 0. The van der Waals surface area contributed by atoms with Crippen LogP contribution >= 0.6 is 0 Å². The standard InChI is InChI=1S/C25H30N2O4.3H2/c28-23(29)16-26-24(30)21-9-5-4-6-18(21)10-13-25(31,20-7-2-1-3-8-20)22-17-27-14-11-19(22)12-15-27;;;/h1-9,19,22,31H,10-17H2,(H,26,30)(H,28,29);3*1H. The summed E-state index contributed by atoms with van der Waals surface area (Å²) in [5.41, 5.74) is 1.24. The number of benzene rings is 2. The molecule has 0 aromatic heterocycles. The summed E-state index contributed by atoms with van der Waals surface area (Å²) in [5.74, 6) is -0.814. The number of nitrogens with zero attached hydrogens (tertiary/aromatic N) is 1. The summed E-state index contributed by atoms with van der Waals surface area (Å²) in [6.45, 7) is 2.70. The second-order valence-corrected chi connectivity index (χ2v) is 8.77. The van der Waals surface area contributed by atoms with Gasteiger partial charge in [0.15, 0.2) is 0 Å². The third-order valence-corrected chi connectivity index (χ3v) is 6.98. The van der Waals surface area contributed by atoms with E-state index in [2.05, 4.69) is 10.2 Å². The highest BCUT2D eigenvalue weighted by atomic mass is 16.4. The molecule has 3 saturated heterocycles. The van der Waals surface area contributed by atoms with Crippen molar-refractivity contribution in [3.63, 3.8) is 0 Å². The fraction of sp³-hybridized carbons (Fsp3) is 0.440. The molecule has 1 amide bonds. The van der Waals surface area contributed by atoms with Gasteiger partial charge in [0.05, 0.1) is 5.60 Å². The van der Waals surface area contributed by atoms with E-state index in [1.165, 1.54) is 0 Å². The Labute approximate surface area is 187 Å². The molecule has 2 bridgehead atoms. The number of rotatable bonds is 8. The van der Waals surface area contributed by atoms with Crippen LogP contribution in [0.25, 0.3) is 0 Å². The number of hydrogen-bond donors (Lipinski definition) is 3. The number of aliphatic carboxylic acids is 1. The number of hydrogen-bond acceptors (Lipinski definition) is 4. The Morgan fingerprint density at radius 1 is 1.06 bits per heavy atom. The van der Waals surface area contributed by atoms with Crippen LogP contribution in [-0.2, 0) is 16.8 Å². The number of carboxylic acid groups (broad SMARTS) is 1. The van der Waals surface area contributed by atoms with Crippen LogP contribution in [0.2, 0.25) is 0 Å². The van der Waals surface area contributed by atoms with Crippen LogP contribution in [0.4, 0.5) is 0 Å². The van der Waals surface area contributed by atoms with Gasteiger partial charge in [0, 0.05) is 22.3 Å². The van der Waals surface area contributed by atoms with Gasteiger partial charge in [-0.25, -0.2) is 0 Å². The maximum atomic E-state index is 12.5. The molecular formula is C25H36N2O4. The number of carboxylic acids is 1. The van der Waals surface area contributed by atoms with Gasteiger partial charge in [0.1, 0.15) is 6.54 Å². The van der Waals surface area contributed by atoms with Crippen LogP contribution in [0, 0.1) is 11.8 Å². The first kappa shape index (κ1) is 21.5. The molecule has 6 nitrogen and oxygen atoms in total. The summed E-state index contributed by atoms with van der Waals surface area (Å²) >= 11 is 0. The molecule has 2 atom stereocenters. The number of fused-ring (bicyclic) bond motifs is 3. The summed E-state index contributed by atoms with van der Waals surface area (Å²) in [6.07, 6.45) is 3.28. The van der Waals surface area contributed by atoms with Gasteiger partial charge >= 0.3 is 5.97 Å². The van der Waals surface area contributed by atoms with Crippen molar-refractivity contribution in [1.29, 1.82) is 0 Å². The summed E-state index contributed by atoms with van der Waals surface area (Å²) in [4.78, 5) is 25.8.